The summed E-state index contributed by atoms with van der Waals surface area (Å²) in [4.78, 5) is 12.2. The highest BCUT2D eigenvalue weighted by molar-refractivity contribution is 5.81. The first kappa shape index (κ1) is 13.8. The van der Waals surface area contributed by atoms with Gasteiger partial charge in [-0.1, -0.05) is 24.6 Å². The monoisotopic (exact) mass is 284 g/mol. The third-order valence-electron chi connectivity index (χ3n) is 3.82. The quantitative estimate of drug-likeness (QED) is 0.897. The summed E-state index contributed by atoms with van der Waals surface area (Å²) in [6, 6.07) is 9.83. The molecule has 3 rings (SSSR count). The molecule has 110 valence electrons. The fourth-order valence-corrected chi connectivity index (χ4v) is 2.68. The summed E-state index contributed by atoms with van der Waals surface area (Å²) >= 11 is 0. The lowest BCUT2D eigenvalue weighted by Gasteiger charge is -2.22. The maximum atomic E-state index is 12.2. The average Bonchev–Trinajstić information content (AvgIpc) is 3.08. The van der Waals surface area contributed by atoms with E-state index in [2.05, 4.69) is 15.7 Å². The molecule has 0 aliphatic carbocycles. The lowest BCUT2D eigenvalue weighted by atomic mass is 10.0. The van der Waals surface area contributed by atoms with Gasteiger partial charge in [0.1, 0.15) is 0 Å². The van der Waals surface area contributed by atoms with Crippen molar-refractivity contribution >= 4 is 5.91 Å². The van der Waals surface area contributed by atoms with Gasteiger partial charge in [-0.2, -0.15) is 5.10 Å². The van der Waals surface area contributed by atoms with Crippen LogP contribution in [0.4, 0.5) is 0 Å². The second kappa shape index (κ2) is 6.54. The Morgan fingerprint density at radius 2 is 2.24 bits per heavy atom. The van der Waals surface area contributed by atoms with E-state index in [0.717, 1.165) is 37.1 Å². The van der Waals surface area contributed by atoms with Crippen molar-refractivity contribution < 1.29 is 4.79 Å². The summed E-state index contributed by atoms with van der Waals surface area (Å²) in [7, 11) is 0. The van der Waals surface area contributed by atoms with Crippen molar-refractivity contribution in [3.05, 3.63) is 48.3 Å². The zero-order valence-corrected chi connectivity index (χ0v) is 12.0. The summed E-state index contributed by atoms with van der Waals surface area (Å²) in [5, 5.41) is 10.6. The van der Waals surface area contributed by atoms with Gasteiger partial charge in [-0.3, -0.25) is 4.79 Å². The van der Waals surface area contributed by atoms with E-state index in [9.17, 15) is 4.79 Å². The molecule has 1 fully saturated rings. The van der Waals surface area contributed by atoms with Crippen LogP contribution in [0.3, 0.4) is 0 Å². The first-order chi connectivity index (χ1) is 10.3. The van der Waals surface area contributed by atoms with Crippen LogP contribution < -0.4 is 10.6 Å². The molecule has 2 heterocycles. The Morgan fingerprint density at radius 1 is 1.33 bits per heavy atom. The van der Waals surface area contributed by atoms with Crippen LogP contribution in [0, 0.1) is 0 Å². The molecule has 1 aromatic heterocycles. The minimum atomic E-state index is -0.0457. The maximum Gasteiger partial charge on any atom is 0.237 e. The number of nitrogens with zero attached hydrogens (tertiary/aromatic N) is 2. The van der Waals surface area contributed by atoms with Crippen LogP contribution in [0.5, 0.6) is 0 Å². The SMILES string of the molecule is O=C(NCc1ccccc1-n1cccn1)[C@H]1CCCCN1. The molecule has 5 heteroatoms. The number of hydrogen-bond acceptors (Lipinski definition) is 3. The predicted octanol–water partition coefficient (Wildman–Crippen LogP) is 1.63. The largest absolute Gasteiger partial charge is 0.351 e. The second-order valence-electron chi connectivity index (χ2n) is 5.30. The van der Waals surface area contributed by atoms with Crippen molar-refractivity contribution in [1.82, 2.24) is 20.4 Å². The predicted molar refractivity (Wildman–Crippen MR) is 81.1 cm³/mol. The van der Waals surface area contributed by atoms with Gasteiger partial charge in [0, 0.05) is 18.9 Å². The van der Waals surface area contributed by atoms with Crippen molar-refractivity contribution in [2.45, 2.75) is 31.8 Å². The molecule has 1 atom stereocenters. The van der Waals surface area contributed by atoms with Crippen LogP contribution in [-0.4, -0.2) is 28.3 Å². The van der Waals surface area contributed by atoms with E-state index in [1.807, 2.05) is 41.2 Å². The van der Waals surface area contributed by atoms with Crippen molar-refractivity contribution in [3.8, 4) is 5.69 Å². The lowest BCUT2D eigenvalue weighted by molar-refractivity contribution is -0.123. The third kappa shape index (κ3) is 3.31. The van der Waals surface area contributed by atoms with E-state index in [1.165, 1.54) is 0 Å². The van der Waals surface area contributed by atoms with Gasteiger partial charge in [0.15, 0.2) is 0 Å². The van der Waals surface area contributed by atoms with Gasteiger partial charge in [-0.15, -0.1) is 0 Å². The first-order valence-corrected chi connectivity index (χ1v) is 7.43. The smallest absolute Gasteiger partial charge is 0.237 e. The standard InChI is InChI=1S/C16H20N4O/c21-16(14-7-3-4-9-17-14)18-12-13-6-1-2-8-15(13)20-11-5-10-19-20/h1-2,5-6,8,10-11,14,17H,3-4,7,9,12H2,(H,18,21)/t14-/m1/s1. The molecule has 2 N–H and O–H groups in total. The van der Waals surface area contributed by atoms with Crippen LogP contribution >= 0.6 is 0 Å². The van der Waals surface area contributed by atoms with Gasteiger partial charge < -0.3 is 10.6 Å². The molecule has 0 saturated carbocycles. The number of nitrogens with one attached hydrogen (secondary N) is 2. The fraction of sp³-hybridized carbons (Fsp3) is 0.375. The molecule has 1 saturated heterocycles. The van der Waals surface area contributed by atoms with Crippen LogP contribution in [0.25, 0.3) is 5.69 Å². The summed E-state index contributed by atoms with van der Waals surface area (Å²) in [5.74, 6) is 0.0879. The zero-order valence-electron chi connectivity index (χ0n) is 12.0. The molecule has 5 nitrogen and oxygen atoms in total. The molecule has 1 aliphatic rings. The Balaban J connectivity index is 1.66. The van der Waals surface area contributed by atoms with E-state index in [0.29, 0.717) is 6.54 Å². The molecular weight excluding hydrogens is 264 g/mol. The lowest BCUT2D eigenvalue weighted by Crippen LogP contribution is -2.46. The number of carbonyl (C=O) groups is 1. The topological polar surface area (TPSA) is 59.0 Å². The van der Waals surface area contributed by atoms with Gasteiger partial charge in [-0.25, -0.2) is 4.68 Å². The normalized spacial score (nSPS) is 18.4. The number of piperidine rings is 1. The van der Waals surface area contributed by atoms with E-state index < -0.39 is 0 Å². The number of benzene rings is 1. The first-order valence-electron chi connectivity index (χ1n) is 7.43. The van der Waals surface area contributed by atoms with Crippen LogP contribution in [0.15, 0.2) is 42.7 Å². The molecule has 1 aromatic carbocycles. The van der Waals surface area contributed by atoms with Crippen molar-refractivity contribution in [2.75, 3.05) is 6.54 Å². The minimum Gasteiger partial charge on any atom is -0.351 e. The fourth-order valence-electron chi connectivity index (χ4n) is 2.68. The molecular formula is C16H20N4O. The Labute approximate surface area is 124 Å². The van der Waals surface area contributed by atoms with Crippen molar-refractivity contribution in [3.63, 3.8) is 0 Å². The van der Waals surface area contributed by atoms with Crippen molar-refractivity contribution in [1.29, 1.82) is 0 Å². The van der Waals surface area contributed by atoms with Crippen LogP contribution in [0.2, 0.25) is 0 Å². The molecule has 0 unspecified atom stereocenters. The van der Waals surface area contributed by atoms with Crippen molar-refractivity contribution in [2.24, 2.45) is 0 Å². The second-order valence-corrected chi connectivity index (χ2v) is 5.30. The zero-order chi connectivity index (χ0) is 14.5. The summed E-state index contributed by atoms with van der Waals surface area (Å²) in [5.41, 5.74) is 2.06. The number of para-hydroxylation sites is 1. The van der Waals surface area contributed by atoms with Crippen LogP contribution in [-0.2, 0) is 11.3 Å². The highest BCUT2D eigenvalue weighted by Gasteiger charge is 2.20. The maximum absolute atomic E-state index is 12.2. The van der Waals surface area contributed by atoms with E-state index >= 15 is 0 Å². The average molecular weight is 284 g/mol. The Bertz CT molecular complexity index is 588. The molecule has 0 radical (unpaired) electrons. The van der Waals surface area contributed by atoms with Gasteiger partial charge >= 0.3 is 0 Å². The van der Waals surface area contributed by atoms with E-state index in [4.69, 9.17) is 0 Å². The highest BCUT2D eigenvalue weighted by Crippen LogP contribution is 2.13. The number of carbonyl (C=O) groups excluding carboxylic acids is 1. The Kier molecular flexibility index (Phi) is 4.31. The number of aromatic nitrogens is 2. The number of amides is 1. The minimum absolute atomic E-state index is 0.0457. The molecule has 21 heavy (non-hydrogen) atoms. The van der Waals surface area contributed by atoms with Crippen LogP contribution in [0.1, 0.15) is 24.8 Å². The summed E-state index contributed by atoms with van der Waals surface area (Å²) < 4.78 is 1.82. The Hall–Kier alpha value is -2.14. The molecule has 1 amide bonds. The molecule has 0 bridgehead atoms. The molecule has 0 spiro atoms. The number of hydrogen-bond donors (Lipinski definition) is 2. The van der Waals surface area contributed by atoms with Gasteiger partial charge in [0.25, 0.3) is 0 Å². The number of rotatable bonds is 4. The van der Waals surface area contributed by atoms with E-state index in [-0.39, 0.29) is 11.9 Å². The third-order valence-corrected chi connectivity index (χ3v) is 3.82. The van der Waals surface area contributed by atoms with E-state index in [1.54, 1.807) is 6.20 Å². The highest BCUT2D eigenvalue weighted by atomic mass is 16.2. The van der Waals surface area contributed by atoms with Gasteiger partial charge in [0.05, 0.1) is 11.7 Å². The summed E-state index contributed by atoms with van der Waals surface area (Å²) in [6.07, 6.45) is 6.86. The Morgan fingerprint density at radius 3 is 3.00 bits per heavy atom. The van der Waals surface area contributed by atoms with Gasteiger partial charge in [-0.05, 0) is 37.1 Å². The summed E-state index contributed by atoms with van der Waals surface area (Å²) in [6.45, 7) is 1.45. The molecule has 1 aliphatic heterocycles. The molecule has 2 aromatic rings. The van der Waals surface area contributed by atoms with Gasteiger partial charge in [0.2, 0.25) is 5.91 Å².